The molecule has 0 aliphatic heterocycles. The summed E-state index contributed by atoms with van der Waals surface area (Å²) in [5.41, 5.74) is 24.5. The van der Waals surface area contributed by atoms with Crippen molar-refractivity contribution >= 4 is 181 Å². The fourth-order valence-electron chi connectivity index (χ4n) is 20.3. The van der Waals surface area contributed by atoms with Crippen molar-refractivity contribution in [3.63, 3.8) is 0 Å². The van der Waals surface area contributed by atoms with Gasteiger partial charge in [0.15, 0.2) is 0 Å². The standard InChI is InChI=1S/C46H29NS.C39H23NS.C35H21NS/c1-3-13-33(14-4-1)46(34-15-5-2-6-16-34)39-20-10-7-17-35(39)38-29-32(27-28-40(38)46)30-23-25-31(26-24-30)44-45-43(36-18-8-11-21-41(36)47-44)37-19-9-12-22-42(37)48-45;1-2-11-29-27(9-1)28-10-3-4-12-30(28)34-23-26(21-22-31(29)34)24-17-19-25(20-18-24)38-39-37(32-13-5-7-15-35(32)40-38)33-14-6-8-16-36(33)41-39;1-2-8-27-23(7-1)15-18-26-21-25(19-20-28(26)27)22-13-16-24(17-14-22)34-35-33(29-9-3-5-11-31(29)36-34)30-10-4-6-12-32(30)37-35/h1-29H;1-23H;1-21H. The third-order valence-electron chi connectivity index (χ3n) is 26.1. The Morgan fingerprint density at radius 2 is 0.476 bits per heavy atom. The van der Waals surface area contributed by atoms with E-state index >= 15 is 0 Å². The van der Waals surface area contributed by atoms with Crippen LogP contribution in [0.25, 0.3) is 225 Å². The van der Waals surface area contributed by atoms with Gasteiger partial charge in [0.25, 0.3) is 0 Å². The van der Waals surface area contributed by atoms with Gasteiger partial charge in [-0.3, -0.25) is 0 Å². The number of hydrogen-bond donors (Lipinski definition) is 0. The van der Waals surface area contributed by atoms with Crippen molar-refractivity contribution in [3.8, 4) is 78.3 Å². The van der Waals surface area contributed by atoms with Crippen molar-refractivity contribution in [1.29, 1.82) is 0 Å². The first-order valence-electron chi connectivity index (χ1n) is 43.0. The van der Waals surface area contributed by atoms with Gasteiger partial charge in [-0.15, -0.1) is 34.0 Å². The van der Waals surface area contributed by atoms with Crippen LogP contribution in [0.1, 0.15) is 22.3 Å². The highest BCUT2D eigenvalue weighted by Gasteiger charge is 2.46. The SMILES string of the molecule is c1ccc(C2(c3ccccc3)c3ccccc3-c3cc(-c4ccc(-c5nc6ccccc6c6c5sc5ccccc56)cc4)ccc32)cc1.c1ccc2c(c1)ccc1cc(-c3ccc(-c4nc5ccccc5c5c4sc4ccccc45)cc3)ccc12.c1ccc2c(c1)nc(-c1ccc(-c3ccc4c5ccccc5c5ccccc5c4c3)cc1)c1sc3ccccc3c12. The van der Waals surface area contributed by atoms with E-state index in [0.29, 0.717) is 0 Å². The minimum absolute atomic E-state index is 0.381. The van der Waals surface area contributed by atoms with Crippen LogP contribution < -0.4 is 0 Å². The van der Waals surface area contributed by atoms with Crippen molar-refractivity contribution in [2.75, 3.05) is 0 Å². The number of para-hydroxylation sites is 3. The number of aromatic nitrogens is 3. The Balaban J connectivity index is 0.000000104. The van der Waals surface area contributed by atoms with Gasteiger partial charge in [0.1, 0.15) is 0 Å². The lowest BCUT2D eigenvalue weighted by Crippen LogP contribution is -2.28. The summed E-state index contributed by atoms with van der Waals surface area (Å²) in [6.45, 7) is 0. The van der Waals surface area contributed by atoms with E-state index in [1.54, 1.807) is 0 Å². The lowest BCUT2D eigenvalue weighted by atomic mass is 9.67. The molecule has 126 heavy (non-hydrogen) atoms. The second kappa shape index (κ2) is 30.0. The molecule has 1 aliphatic rings. The van der Waals surface area contributed by atoms with Gasteiger partial charge in [-0.1, -0.05) is 388 Å². The van der Waals surface area contributed by atoms with E-state index in [2.05, 4.69) is 443 Å². The highest BCUT2D eigenvalue weighted by Crippen LogP contribution is 2.57. The summed E-state index contributed by atoms with van der Waals surface area (Å²) in [5.74, 6) is 0. The van der Waals surface area contributed by atoms with Gasteiger partial charge < -0.3 is 0 Å². The Hall–Kier alpha value is -15.4. The number of fused-ring (bicyclic) bond motifs is 27. The van der Waals surface area contributed by atoms with E-state index < -0.39 is 0 Å². The molecule has 0 unspecified atom stereocenters. The van der Waals surface area contributed by atoms with Crippen LogP contribution in [-0.2, 0) is 5.41 Å². The second-order valence-corrected chi connectivity index (χ2v) is 36.1. The van der Waals surface area contributed by atoms with Crippen LogP contribution >= 0.6 is 34.0 Å². The lowest BCUT2D eigenvalue weighted by molar-refractivity contribution is 0.768. The van der Waals surface area contributed by atoms with Crippen molar-refractivity contribution in [2.45, 2.75) is 5.41 Å². The molecule has 0 atom stereocenters. The fraction of sp³-hybridized carbons (Fsp3) is 0.00833. The van der Waals surface area contributed by atoms with Crippen molar-refractivity contribution in [1.82, 2.24) is 15.0 Å². The predicted octanol–water partition coefficient (Wildman–Crippen LogP) is 33.9. The third-order valence-corrected chi connectivity index (χ3v) is 29.6. The van der Waals surface area contributed by atoms with Gasteiger partial charge in [0.2, 0.25) is 0 Å². The average Bonchev–Trinajstić information content (AvgIpc) is 1.50. The molecule has 0 saturated heterocycles. The number of thiophene rings is 3. The van der Waals surface area contributed by atoms with E-state index in [9.17, 15) is 0 Å². The molecule has 26 aromatic rings. The predicted molar refractivity (Wildman–Crippen MR) is 541 cm³/mol. The molecule has 0 amide bonds. The first-order valence-corrected chi connectivity index (χ1v) is 45.4. The number of benzene rings is 20. The zero-order valence-electron chi connectivity index (χ0n) is 68.2. The van der Waals surface area contributed by atoms with Crippen LogP contribution in [0.5, 0.6) is 0 Å². The van der Waals surface area contributed by atoms with Crippen LogP contribution in [0.3, 0.4) is 0 Å². The molecule has 6 aromatic heterocycles. The van der Waals surface area contributed by atoms with Crippen LogP contribution in [-0.4, -0.2) is 15.0 Å². The van der Waals surface area contributed by atoms with Gasteiger partial charge in [-0.2, -0.15) is 0 Å². The van der Waals surface area contributed by atoms with E-state index in [-0.39, 0.29) is 5.41 Å². The number of hydrogen-bond acceptors (Lipinski definition) is 6. The molecule has 586 valence electrons. The highest BCUT2D eigenvalue weighted by molar-refractivity contribution is 7.27. The van der Waals surface area contributed by atoms with E-state index in [0.717, 1.165) is 50.3 Å². The monoisotopic (exact) mass is 1650 g/mol. The second-order valence-electron chi connectivity index (χ2n) is 32.9. The summed E-state index contributed by atoms with van der Waals surface area (Å²) < 4.78 is 7.65. The van der Waals surface area contributed by atoms with E-state index in [1.807, 2.05) is 34.0 Å². The quantitative estimate of drug-likeness (QED) is 0.142. The average molecular weight is 1650 g/mol. The van der Waals surface area contributed by atoms with Gasteiger partial charge >= 0.3 is 0 Å². The smallest absolute Gasteiger partial charge is 0.0888 e. The minimum Gasteiger partial charge on any atom is -0.246 e. The number of rotatable bonds is 8. The molecule has 0 spiro atoms. The van der Waals surface area contributed by atoms with Crippen LogP contribution in [0.4, 0.5) is 0 Å². The Bertz CT molecular complexity index is 8820. The van der Waals surface area contributed by atoms with Gasteiger partial charge in [-0.05, 0) is 175 Å². The van der Waals surface area contributed by atoms with Crippen LogP contribution in [0, 0.1) is 0 Å². The van der Waals surface area contributed by atoms with Crippen molar-refractivity contribution < 1.29 is 0 Å². The van der Waals surface area contributed by atoms with Gasteiger partial charge in [0.05, 0.1) is 53.1 Å². The normalized spacial score (nSPS) is 12.3. The summed E-state index contributed by atoms with van der Waals surface area (Å²) in [4.78, 5) is 15.6. The molecule has 0 saturated carbocycles. The molecule has 0 bridgehead atoms. The highest BCUT2D eigenvalue weighted by atomic mass is 32.1. The number of nitrogens with zero attached hydrogens (tertiary/aromatic N) is 3. The zero-order valence-corrected chi connectivity index (χ0v) is 70.7. The van der Waals surface area contributed by atoms with Crippen LogP contribution in [0.15, 0.2) is 443 Å². The Morgan fingerprint density at radius 3 is 0.937 bits per heavy atom. The van der Waals surface area contributed by atoms with Gasteiger partial charge in [-0.25, -0.2) is 15.0 Å². The third kappa shape index (κ3) is 11.9. The molecule has 20 aromatic carbocycles. The fourth-order valence-corrected chi connectivity index (χ4v) is 23.9. The topological polar surface area (TPSA) is 38.7 Å². The molecule has 0 fully saturated rings. The molecule has 6 heteroatoms. The molecular weight excluding hydrogens is 1580 g/mol. The Labute approximate surface area is 739 Å². The molecule has 6 heterocycles. The van der Waals surface area contributed by atoms with Gasteiger partial charge in [0, 0.05) is 79.3 Å². The first kappa shape index (κ1) is 73.3. The lowest BCUT2D eigenvalue weighted by Gasteiger charge is -2.33. The van der Waals surface area contributed by atoms with E-state index in [1.165, 1.54) is 197 Å². The molecule has 1 aliphatic carbocycles. The Morgan fingerprint density at radius 1 is 0.175 bits per heavy atom. The summed E-state index contributed by atoms with van der Waals surface area (Å²) >= 11 is 5.52. The molecular formula is C120H73N3S3. The maximum Gasteiger partial charge on any atom is 0.0888 e. The van der Waals surface area contributed by atoms with Crippen molar-refractivity contribution in [3.05, 3.63) is 465 Å². The molecule has 3 nitrogen and oxygen atoms in total. The molecule has 0 N–H and O–H groups in total. The first-order chi connectivity index (χ1) is 62.5. The summed E-state index contributed by atoms with van der Waals surface area (Å²) in [6.07, 6.45) is 0. The number of pyridine rings is 3. The molecule has 27 rings (SSSR count). The summed E-state index contributed by atoms with van der Waals surface area (Å²) in [5, 5.41) is 24.4. The van der Waals surface area contributed by atoms with E-state index in [4.69, 9.17) is 15.0 Å². The largest absolute Gasteiger partial charge is 0.246 e. The summed E-state index contributed by atoms with van der Waals surface area (Å²) in [6, 6.07) is 161. The Kier molecular flexibility index (Phi) is 17.5. The summed E-state index contributed by atoms with van der Waals surface area (Å²) in [7, 11) is 0. The molecule has 0 radical (unpaired) electrons. The van der Waals surface area contributed by atoms with Crippen LogP contribution in [0.2, 0.25) is 0 Å². The minimum atomic E-state index is -0.381. The van der Waals surface area contributed by atoms with Crippen molar-refractivity contribution in [2.24, 2.45) is 0 Å². The maximum absolute atomic E-state index is 5.23. The zero-order chi connectivity index (χ0) is 82.9. The maximum atomic E-state index is 5.23.